The summed E-state index contributed by atoms with van der Waals surface area (Å²) in [6, 6.07) is 6.84. The molecule has 0 amide bonds. The molecule has 0 aliphatic heterocycles. The molecule has 19 heavy (non-hydrogen) atoms. The normalized spacial score (nSPS) is 38.5. The second kappa shape index (κ2) is 3.70. The molecule has 2 saturated carbocycles. The lowest BCUT2D eigenvalue weighted by molar-refractivity contribution is -0.154. The van der Waals surface area contributed by atoms with Crippen LogP contribution in [0.4, 0.5) is 0 Å². The number of benzene rings is 1. The highest BCUT2D eigenvalue weighted by Crippen LogP contribution is 2.64. The number of allylic oxidation sites excluding steroid dienone is 2. The summed E-state index contributed by atoms with van der Waals surface area (Å²) in [5, 5.41) is 0. The average molecular weight is 276 g/mol. The van der Waals surface area contributed by atoms with Gasteiger partial charge >= 0.3 is 0 Å². The fourth-order valence-corrected chi connectivity index (χ4v) is 4.78. The Labute approximate surface area is 113 Å². The van der Waals surface area contributed by atoms with E-state index in [2.05, 4.69) is 12.2 Å². The molecule has 3 aliphatic carbocycles. The van der Waals surface area contributed by atoms with E-state index < -0.39 is 10.1 Å². The molecule has 0 saturated heterocycles. The SMILES string of the molecule is Cc1ccc(S(=O)(=O)O[C@@H]2C[C@@H]3[C@@H]4C=C[C@@H]4[C@@H]32)cc1. The van der Waals surface area contributed by atoms with Crippen LogP contribution in [0.25, 0.3) is 0 Å². The summed E-state index contributed by atoms with van der Waals surface area (Å²) in [5.41, 5.74) is 1.05. The Morgan fingerprint density at radius 1 is 1.11 bits per heavy atom. The van der Waals surface area contributed by atoms with Crippen molar-refractivity contribution in [3.05, 3.63) is 42.0 Å². The Morgan fingerprint density at radius 2 is 1.79 bits per heavy atom. The Balaban J connectivity index is 1.50. The number of aryl methyl sites for hydroxylation is 1. The van der Waals surface area contributed by atoms with E-state index in [4.69, 9.17) is 4.18 Å². The van der Waals surface area contributed by atoms with Gasteiger partial charge in [-0.2, -0.15) is 8.42 Å². The molecule has 1 aromatic rings. The lowest BCUT2D eigenvalue weighted by atomic mass is 9.42. The van der Waals surface area contributed by atoms with Crippen LogP contribution in [0.5, 0.6) is 0 Å². The summed E-state index contributed by atoms with van der Waals surface area (Å²) in [6.45, 7) is 1.94. The Morgan fingerprint density at radius 3 is 2.37 bits per heavy atom. The standard InChI is InChI=1S/C15H16O3S/c1-9-2-4-10(5-3-9)19(16,17)18-14-8-13-11-6-7-12(11)15(13)14/h2-7,11-15H,8H2,1H3/t11-,12+,13-,14-,15+/m1/s1. The molecular formula is C15H16O3S. The van der Waals surface area contributed by atoms with E-state index in [0.29, 0.717) is 23.7 Å². The molecule has 2 fully saturated rings. The van der Waals surface area contributed by atoms with Gasteiger partial charge in [-0.15, -0.1) is 0 Å². The van der Waals surface area contributed by atoms with Crippen LogP contribution in [0.1, 0.15) is 12.0 Å². The first-order valence-electron chi connectivity index (χ1n) is 6.74. The van der Waals surface area contributed by atoms with Crippen LogP contribution in [0.3, 0.4) is 0 Å². The van der Waals surface area contributed by atoms with Crippen molar-refractivity contribution in [2.75, 3.05) is 0 Å². The zero-order chi connectivity index (χ0) is 13.2. The smallest absolute Gasteiger partial charge is 0.263 e. The number of hydrogen-bond donors (Lipinski definition) is 0. The average Bonchev–Trinajstić information content (AvgIpc) is 2.33. The summed E-state index contributed by atoms with van der Waals surface area (Å²) in [6.07, 6.45) is 5.22. The summed E-state index contributed by atoms with van der Waals surface area (Å²) in [5.74, 6) is 2.41. The van der Waals surface area contributed by atoms with E-state index in [-0.39, 0.29) is 11.0 Å². The summed E-state index contributed by atoms with van der Waals surface area (Å²) < 4.78 is 29.8. The largest absolute Gasteiger partial charge is 0.297 e. The molecule has 0 radical (unpaired) electrons. The van der Waals surface area contributed by atoms with Crippen molar-refractivity contribution >= 4 is 10.1 Å². The second-order valence-corrected chi connectivity index (χ2v) is 7.49. The van der Waals surface area contributed by atoms with Gasteiger partial charge in [-0.25, -0.2) is 0 Å². The van der Waals surface area contributed by atoms with Crippen molar-refractivity contribution in [2.24, 2.45) is 23.7 Å². The number of hydrogen-bond acceptors (Lipinski definition) is 3. The third kappa shape index (κ3) is 1.56. The van der Waals surface area contributed by atoms with Gasteiger partial charge in [0.05, 0.1) is 11.0 Å². The third-order valence-corrected chi connectivity index (χ3v) is 6.28. The fourth-order valence-electron chi connectivity index (χ4n) is 3.67. The van der Waals surface area contributed by atoms with Crippen molar-refractivity contribution in [3.63, 3.8) is 0 Å². The number of rotatable bonds is 3. The first-order valence-corrected chi connectivity index (χ1v) is 8.15. The Hall–Kier alpha value is -1.13. The van der Waals surface area contributed by atoms with Crippen LogP contribution in [0, 0.1) is 30.6 Å². The topological polar surface area (TPSA) is 43.4 Å². The van der Waals surface area contributed by atoms with Gasteiger partial charge in [-0.05, 0) is 49.1 Å². The quantitative estimate of drug-likeness (QED) is 0.629. The molecular weight excluding hydrogens is 260 g/mol. The monoisotopic (exact) mass is 276 g/mol. The zero-order valence-electron chi connectivity index (χ0n) is 10.7. The van der Waals surface area contributed by atoms with Gasteiger partial charge in [0, 0.05) is 0 Å². The Kier molecular flexibility index (Phi) is 2.28. The van der Waals surface area contributed by atoms with Crippen molar-refractivity contribution in [3.8, 4) is 0 Å². The molecule has 3 aliphatic rings. The molecule has 0 heterocycles. The summed E-state index contributed by atoms with van der Waals surface area (Å²) >= 11 is 0. The molecule has 0 bridgehead atoms. The van der Waals surface area contributed by atoms with E-state index in [0.717, 1.165) is 12.0 Å². The van der Waals surface area contributed by atoms with E-state index in [1.54, 1.807) is 24.3 Å². The molecule has 0 unspecified atom stereocenters. The molecule has 0 spiro atoms. The van der Waals surface area contributed by atoms with Gasteiger partial charge in [-0.1, -0.05) is 29.8 Å². The van der Waals surface area contributed by atoms with Crippen molar-refractivity contribution in [2.45, 2.75) is 24.3 Å². The van der Waals surface area contributed by atoms with Crippen LogP contribution >= 0.6 is 0 Å². The molecule has 0 N–H and O–H groups in total. The van der Waals surface area contributed by atoms with Crippen LogP contribution < -0.4 is 0 Å². The van der Waals surface area contributed by atoms with Gasteiger partial charge in [0.15, 0.2) is 0 Å². The maximum Gasteiger partial charge on any atom is 0.297 e. The molecule has 0 aromatic heterocycles. The highest BCUT2D eigenvalue weighted by molar-refractivity contribution is 7.86. The highest BCUT2D eigenvalue weighted by atomic mass is 32.2. The zero-order valence-corrected chi connectivity index (χ0v) is 11.5. The lowest BCUT2D eigenvalue weighted by Crippen LogP contribution is -2.63. The van der Waals surface area contributed by atoms with Crippen LogP contribution in [0.15, 0.2) is 41.3 Å². The number of fused-ring (bicyclic) bond motifs is 4. The van der Waals surface area contributed by atoms with Crippen molar-refractivity contribution in [1.29, 1.82) is 0 Å². The molecule has 100 valence electrons. The summed E-state index contributed by atoms with van der Waals surface area (Å²) in [4.78, 5) is 0.265. The first-order chi connectivity index (χ1) is 9.06. The molecule has 5 atom stereocenters. The molecule has 3 nitrogen and oxygen atoms in total. The van der Waals surface area contributed by atoms with Crippen LogP contribution in [0.2, 0.25) is 0 Å². The Bertz CT molecular complexity index is 644. The maximum absolute atomic E-state index is 12.2. The van der Waals surface area contributed by atoms with Crippen LogP contribution in [-0.4, -0.2) is 14.5 Å². The van der Waals surface area contributed by atoms with Gasteiger partial charge in [0.1, 0.15) is 0 Å². The van der Waals surface area contributed by atoms with Crippen molar-refractivity contribution < 1.29 is 12.6 Å². The first kappa shape index (κ1) is 11.7. The minimum atomic E-state index is -3.60. The molecule has 4 rings (SSSR count). The van der Waals surface area contributed by atoms with Gasteiger partial charge < -0.3 is 0 Å². The second-order valence-electron chi connectivity index (χ2n) is 5.92. The molecule has 1 aromatic carbocycles. The van der Waals surface area contributed by atoms with Gasteiger partial charge in [0.25, 0.3) is 10.1 Å². The molecule has 4 heteroatoms. The van der Waals surface area contributed by atoms with Gasteiger partial charge in [0.2, 0.25) is 0 Å². The third-order valence-electron chi connectivity index (χ3n) is 4.93. The van der Waals surface area contributed by atoms with E-state index >= 15 is 0 Å². The predicted octanol–water partition coefficient (Wildman–Crippen LogP) is 2.52. The fraction of sp³-hybridized carbons (Fsp3) is 0.467. The van der Waals surface area contributed by atoms with Gasteiger partial charge in [-0.3, -0.25) is 4.18 Å². The minimum Gasteiger partial charge on any atom is -0.263 e. The van der Waals surface area contributed by atoms with E-state index in [9.17, 15) is 8.42 Å². The van der Waals surface area contributed by atoms with Crippen LogP contribution in [-0.2, 0) is 14.3 Å². The van der Waals surface area contributed by atoms with Crippen molar-refractivity contribution in [1.82, 2.24) is 0 Å². The maximum atomic E-state index is 12.2. The van der Waals surface area contributed by atoms with E-state index in [1.807, 2.05) is 6.92 Å². The summed E-state index contributed by atoms with van der Waals surface area (Å²) in [7, 11) is -3.60. The lowest BCUT2D eigenvalue weighted by Gasteiger charge is -2.64. The van der Waals surface area contributed by atoms with E-state index in [1.165, 1.54) is 0 Å². The predicted molar refractivity (Wildman–Crippen MR) is 71.0 cm³/mol. The highest BCUT2D eigenvalue weighted by Gasteiger charge is 2.63. The minimum absolute atomic E-state index is 0.109.